The Kier molecular flexibility index (Phi) is 9.49. The molecule has 278 valence electrons. The zero-order valence-electron chi connectivity index (χ0n) is 37.4. The number of Topliss-reactive ketones (excluding diaryl/α,β-unsaturated/α-hetero) is 4. The molecule has 3 aliphatic carbocycles. The van der Waals surface area contributed by atoms with E-state index in [9.17, 15) is 32.4 Å². The number of fused-ring (bicyclic) bond motifs is 1. The molecule has 0 aromatic rings. The second-order valence-corrected chi connectivity index (χ2v) is 21.1. The number of rotatable bonds is 17. The van der Waals surface area contributed by atoms with Gasteiger partial charge in [-0.15, -0.1) is 0 Å². The highest BCUT2D eigenvalue weighted by molar-refractivity contribution is 7.92. The summed E-state index contributed by atoms with van der Waals surface area (Å²) in [5.74, 6) is -4.59. The Bertz CT molecular complexity index is 1640. The van der Waals surface area contributed by atoms with E-state index in [4.69, 9.17) is 8.22 Å². The van der Waals surface area contributed by atoms with E-state index in [2.05, 4.69) is 0 Å². The molecule has 3 saturated carbocycles. The van der Waals surface area contributed by atoms with Crippen molar-refractivity contribution in [3.05, 3.63) is 0 Å². The molecule has 1 saturated heterocycles. The van der Waals surface area contributed by atoms with Crippen molar-refractivity contribution in [2.75, 3.05) is 12.3 Å². The van der Waals surface area contributed by atoms with E-state index in [1.54, 1.807) is 25.7 Å². The number of likely N-dealkylation sites (tertiary alicyclic amines) is 1. The molecule has 0 N–H and O–H groups in total. The summed E-state index contributed by atoms with van der Waals surface area (Å²) in [4.78, 5) is 71.1. The summed E-state index contributed by atoms with van der Waals surface area (Å²) in [6.45, 7) is 16.1. The van der Waals surface area contributed by atoms with Crippen molar-refractivity contribution in [1.82, 2.24) is 4.90 Å². The lowest BCUT2D eigenvalue weighted by molar-refractivity contribution is -0.148. The van der Waals surface area contributed by atoms with E-state index in [0.717, 1.165) is 19.3 Å². The Balaban J connectivity index is 1.63. The number of ketones is 4. The maximum absolute atomic E-state index is 14.7. The van der Waals surface area contributed by atoms with E-state index in [1.807, 2.05) is 20.8 Å². The van der Waals surface area contributed by atoms with Crippen molar-refractivity contribution < 1.29 is 40.6 Å². The number of nitrogens with zero attached hydrogens (tertiary/aromatic N) is 1. The highest BCUT2D eigenvalue weighted by Gasteiger charge is 2.69. The van der Waals surface area contributed by atoms with E-state index in [0.29, 0.717) is 12.8 Å². The third-order valence-corrected chi connectivity index (χ3v) is 14.7. The Morgan fingerprint density at radius 2 is 1.55 bits per heavy atom. The van der Waals surface area contributed by atoms with Gasteiger partial charge in [0.25, 0.3) is 0 Å². The van der Waals surface area contributed by atoms with Crippen molar-refractivity contribution in [3.63, 3.8) is 0 Å². The van der Waals surface area contributed by atoms with Gasteiger partial charge >= 0.3 is 0 Å². The fourth-order valence-electron chi connectivity index (χ4n) is 8.10. The molecule has 4 aliphatic rings. The summed E-state index contributed by atoms with van der Waals surface area (Å²) in [5.41, 5.74) is -2.85. The van der Waals surface area contributed by atoms with Gasteiger partial charge in [-0.1, -0.05) is 73.5 Å². The number of unbranched alkanes of at least 4 members (excludes halogenated alkanes) is 1. The summed E-state index contributed by atoms with van der Waals surface area (Å²) < 4.78 is 76.8. The highest BCUT2D eigenvalue weighted by atomic mass is 32.2. The number of sulfone groups is 1. The number of carbonyl (C=O) groups excluding carboxylic acids is 5. The summed E-state index contributed by atoms with van der Waals surface area (Å²) >= 11 is 0. The molecule has 0 unspecified atom stereocenters. The minimum Gasteiger partial charge on any atom is -0.332 e. The number of carbonyl (C=O) groups is 5. The van der Waals surface area contributed by atoms with Gasteiger partial charge in [-0.05, 0) is 86.9 Å². The molecule has 8 nitrogen and oxygen atoms in total. The first-order valence-electron chi connectivity index (χ1n) is 21.4. The number of hydrogen-bond donors (Lipinski definition) is 0. The number of piperidine rings is 1. The standard InChI is InChI=1S/C40H65NO7S/c1-10-11-15-27(35(45)32(44)20-26-16-17-26)21-31(43)34-33-30(39(33,8)9)24-41(34)36(46)29(37(2,3)4)22-28(42)23-40(18-13-12-14-19-40)25-49(47,48)38(5,6)7/h26-27,29-30,33-34H,10-25H2,1-9H3/t27-,29-,30+,33+,34-/m1/s1/i12D2,13D2,14D2. The molecule has 1 heterocycles. The largest absolute Gasteiger partial charge is 0.332 e. The summed E-state index contributed by atoms with van der Waals surface area (Å²) in [7, 11) is -4.05. The maximum Gasteiger partial charge on any atom is 0.227 e. The van der Waals surface area contributed by atoms with Gasteiger partial charge in [0, 0.05) is 52.3 Å². The Labute approximate surface area is 305 Å². The smallest absolute Gasteiger partial charge is 0.227 e. The second kappa shape index (κ2) is 14.6. The van der Waals surface area contributed by atoms with Crippen molar-refractivity contribution in [2.24, 2.45) is 45.8 Å². The Morgan fingerprint density at radius 3 is 2.08 bits per heavy atom. The van der Waals surface area contributed by atoms with Crippen LogP contribution in [-0.2, 0) is 33.8 Å². The van der Waals surface area contributed by atoms with Crippen molar-refractivity contribution in [3.8, 4) is 0 Å². The lowest BCUT2D eigenvalue weighted by Crippen LogP contribution is -2.51. The summed E-state index contributed by atoms with van der Waals surface area (Å²) in [6, 6.07) is -0.841. The van der Waals surface area contributed by atoms with E-state index in [-0.39, 0.29) is 54.8 Å². The van der Waals surface area contributed by atoms with Crippen molar-refractivity contribution in [1.29, 1.82) is 0 Å². The minimum absolute atomic E-state index is 0.0237. The maximum atomic E-state index is 14.7. The van der Waals surface area contributed by atoms with Gasteiger partial charge in [0.1, 0.15) is 5.78 Å². The Morgan fingerprint density at radius 1 is 0.939 bits per heavy atom. The van der Waals surface area contributed by atoms with Crippen LogP contribution in [-0.4, -0.2) is 65.4 Å². The summed E-state index contributed by atoms with van der Waals surface area (Å²) in [6.07, 6.45) is -7.18. The van der Waals surface area contributed by atoms with Crippen LogP contribution in [0.2, 0.25) is 0 Å². The van der Waals surface area contributed by atoms with Crippen molar-refractivity contribution >= 4 is 38.9 Å². The predicted molar refractivity (Wildman–Crippen MR) is 192 cm³/mol. The van der Waals surface area contributed by atoms with E-state index in [1.165, 1.54) is 20.8 Å². The highest BCUT2D eigenvalue weighted by Crippen LogP contribution is 2.65. The molecule has 1 amide bonds. The molecule has 4 fully saturated rings. The van der Waals surface area contributed by atoms with Crippen LogP contribution < -0.4 is 0 Å². The van der Waals surface area contributed by atoms with Crippen LogP contribution in [0.25, 0.3) is 0 Å². The molecule has 4 rings (SSSR count). The van der Waals surface area contributed by atoms with Crippen LogP contribution in [0.5, 0.6) is 0 Å². The molecule has 0 aromatic carbocycles. The molecule has 5 atom stereocenters. The fourth-order valence-corrected chi connectivity index (χ4v) is 9.65. The molecule has 0 spiro atoms. The van der Waals surface area contributed by atoms with Gasteiger partial charge < -0.3 is 4.90 Å². The lowest BCUT2D eigenvalue weighted by atomic mass is 9.70. The number of hydrogen-bond acceptors (Lipinski definition) is 7. The third kappa shape index (κ3) is 9.13. The van der Waals surface area contributed by atoms with Gasteiger partial charge in [0.2, 0.25) is 11.7 Å². The first-order chi connectivity index (χ1) is 24.8. The van der Waals surface area contributed by atoms with E-state index >= 15 is 0 Å². The van der Waals surface area contributed by atoms with Gasteiger partial charge in [-0.25, -0.2) is 8.42 Å². The monoisotopic (exact) mass is 709 g/mol. The second-order valence-electron chi connectivity index (χ2n) is 18.4. The predicted octanol–water partition coefficient (Wildman–Crippen LogP) is 7.35. The normalized spacial score (nSPS) is 31.0. The fraction of sp³-hybridized carbons (Fsp3) is 0.875. The lowest BCUT2D eigenvalue weighted by Gasteiger charge is -2.40. The molecular weight excluding hydrogens is 639 g/mol. The van der Waals surface area contributed by atoms with Crippen LogP contribution in [0.15, 0.2) is 0 Å². The minimum atomic E-state index is -4.05. The number of amides is 1. The molecular formula is C40H65NO7S. The van der Waals surface area contributed by atoms with Crippen LogP contribution in [0.1, 0.15) is 160 Å². The molecule has 0 bridgehead atoms. The van der Waals surface area contributed by atoms with Gasteiger partial charge in [-0.2, -0.15) is 0 Å². The first kappa shape index (κ1) is 31.8. The average molecular weight is 710 g/mol. The average Bonchev–Trinajstić information content (AvgIpc) is 3.85. The molecule has 9 heteroatoms. The van der Waals surface area contributed by atoms with Gasteiger partial charge in [0.15, 0.2) is 21.4 Å². The zero-order valence-corrected chi connectivity index (χ0v) is 32.2. The molecule has 0 radical (unpaired) electrons. The third-order valence-electron chi connectivity index (χ3n) is 11.9. The zero-order chi connectivity index (χ0) is 42.1. The Hall–Kier alpha value is -1.90. The quantitative estimate of drug-likeness (QED) is 0.145. The van der Waals surface area contributed by atoms with Gasteiger partial charge in [-0.3, -0.25) is 24.0 Å². The van der Waals surface area contributed by atoms with Crippen molar-refractivity contribution in [2.45, 2.75) is 163 Å². The van der Waals surface area contributed by atoms with E-state index < -0.39 is 111 Å². The topological polar surface area (TPSA) is 123 Å². The molecule has 1 aliphatic heterocycles. The van der Waals surface area contributed by atoms with Crippen LogP contribution >= 0.6 is 0 Å². The van der Waals surface area contributed by atoms with Crippen LogP contribution in [0.3, 0.4) is 0 Å². The molecule has 49 heavy (non-hydrogen) atoms. The summed E-state index contributed by atoms with van der Waals surface area (Å²) in [5, 5.41) is 0. The molecule has 0 aromatic heterocycles. The SMILES string of the molecule is [2H]C1([2H])CC(CC(=O)C[C@H](C(=O)N2C[C@H]3[C@@H]([C@H]2C(=O)C[C@@H](CCCC)C(=O)C(=O)CC2CC2)C3(C)C)C(C)(C)C)(CS(=O)(=O)C(C)(C)C)CC([2H])([2H])C1([2H])[2H]. The van der Waals surface area contributed by atoms with Crippen LogP contribution in [0.4, 0.5) is 0 Å². The van der Waals surface area contributed by atoms with Gasteiger partial charge in [0.05, 0.1) is 16.5 Å². The van der Waals surface area contributed by atoms with Crippen LogP contribution in [0, 0.1) is 45.8 Å². The first-order valence-corrected chi connectivity index (χ1v) is 20.0.